The summed E-state index contributed by atoms with van der Waals surface area (Å²) in [5.74, 6) is -1.49. The van der Waals surface area contributed by atoms with Crippen molar-refractivity contribution in [1.29, 1.82) is 0 Å². The number of halogens is 1. The number of hydrogen-bond donors (Lipinski definition) is 0. The molecule has 10 nitrogen and oxygen atoms in total. The predicted octanol–water partition coefficient (Wildman–Crippen LogP) is 0.768. The van der Waals surface area contributed by atoms with Gasteiger partial charge in [-0.25, -0.2) is 17.6 Å². The minimum atomic E-state index is -3.78. The van der Waals surface area contributed by atoms with Crippen LogP contribution in [0.3, 0.4) is 0 Å². The van der Waals surface area contributed by atoms with Crippen molar-refractivity contribution in [3.8, 4) is 11.7 Å². The molecule has 0 aliphatic carbocycles. The fraction of sp³-hybridized carbons (Fsp3) is 0.278. The number of aromatic nitrogens is 2. The van der Waals surface area contributed by atoms with E-state index >= 15 is 0 Å². The van der Waals surface area contributed by atoms with Crippen molar-refractivity contribution >= 4 is 15.9 Å². The minimum absolute atomic E-state index is 0.0109. The number of carbonyl (C=O) groups excluding carboxylic acids is 1. The zero-order valence-electron chi connectivity index (χ0n) is 15.6. The number of benzene rings is 1. The Morgan fingerprint density at radius 2 is 1.80 bits per heavy atom. The highest BCUT2D eigenvalue weighted by Gasteiger charge is 2.30. The van der Waals surface area contributed by atoms with E-state index in [4.69, 9.17) is 8.83 Å². The van der Waals surface area contributed by atoms with Crippen LogP contribution in [0.25, 0.3) is 11.7 Å². The lowest BCUT2D eigenvalue weighted by molar-refractivity contribution is -0.133. The van der Waals surface area contributed by atoms with E-state index in [9.17, 15) is 22.4 Å². The summed E-state index contributed by atoms with van der Waals surface area (Å²) in [4.78, 5) is 25.9. The molecule has 3 aromatic rings. The minimum Gasteiger partial charge on any atom is -0.459 e. The molecule has 0 unspecified atom stereocenters. The van der Waals surface area contributed by atoms with Crippen molar-refractivity contribution in [3.63, 3.8) is 0 Å². The Kier molecular flexibility index (Phi) is 5.26. The second kappa shape index (κ2) is 7.88. The van der Waals surface area contributed by atoms with Crippen LogP contribution in [0.4, 0.5) is 4.39 Å². The lowest BCUT2D eigenvalue weighted by atomic mass is 10.3. The van der Waals surface area contributed by atoms with Crippen LogP contribution < -0.4 is 5.76 Å². The Labute approximate surface area is 170 Å². The van der Waals surface area contributed by atoms with Gasteiger partial charge in [0.05, 0.1) is 11.2 Å². The lowest BCUT2D eigenvalue weighted by Gasteiger charge is -2.33. The topological polar surface area (TPSA) is 119 Å². The molecule has 3 heterocycles. The van der Waals surface area contributed by atoms with Gasteiger partial charge in [-0.05, 0) is 36.4 Å². The number of amides is 1. The van der Waals surface area contributed by atoms with Crippen molar-refractivity contribution < 1.29 is 26.4 Å². The molecule has 1 aliphatic rings. The van der Waals surface area contributed by atoms with Crippen molar-refractivity contribution in [2.24, 2.45) is 0 Å². The molecule has 1 amide bonds. The molecule has 1 saturated heterocycles. The van der Waals surface area contributed by atoms with Gasteiger partial charge in [0.2, 0.25) is 15.9 Å². The van der Waals surface area contributed by atoms with E-state index in [1.165, 1.54) is 27.6 Å². The molecular formula is C18H17FN4O6S. The van der Waals surface area contributed by atoms with Gasteiger partial charge in [-0.3, -0.25) is 4.79 Å². The van der Waals surface area contributed by atoms with Crippen LogP contribution in [-0.4, -0.2) is 59.5 Å². The number of rotatable bonds is 5. The molecule has 0 bridgehead atoms. The Hall–Kier alpha value is -3.25. The Morgan fingerprint density at radius 3 is 2.43 bits per heavy atom. The number of piperazine rings is 1. The first-order valence-corrected chi connectivity index (χ1v) is 10.4. The van der Waals surface area contributed by atoms with E-state index in [-0.39, 0.29) is 49.3 Å². The van der Waals surface area contributed by atoms with E-state index in [0.29, 0.717) is 0 Å². The Bertz CT molecular complexity index is 1190. The molecule has 30 heavy (non-hydrogen) atoms. The van der Waals surface area contributed by atoms with Gasteiger partial charge in [-0.2, -0.15) is 8.99 Å². The summed E-state index contributed by atoms with van der Waals surface area (Å²) in [5.41, 5.74) is 0. The van der Waals surface area contributed by atoms with Crippen molar-refractivity contribution in [2.75, 3.05) is 26.2 Å². The third-order valence-electron chi connectivity index (χ3n) is 4.67. The maximum Gasteiger partial charge on any atom is 0.437 e. The maximum atomic E-state index is 13.1. The largest absolute Gasteiger partial charge is 0.459 e. The molecule has 1 aliphatic heterocycles. The summed E-state index contributed by atoms with van der Waals surface area (Å²) in [5, 5.41) is 3.95. The molecular weight excluding hydrogens is 419 g/mol. The first-order chi connectivity index (χ1) is 14.3. The van der Waals surface area contributed by atoms with Gasteiger partial charge < -0.3 is 13.7 Å². The van der Waals surface area contributed by atoms with Crippen LogP contribution in [0.2, 0.25) is 0 Å². The highest BCUT2D eigenvalue weighted by Crippen LogP contribution is 2.18. The number of nitrogens with zero attached hydrogens (tertiary/aromatic N) is 4. The molecule has 0 N–H and O–H groups in total. The lowest BCUT2D eigenvalue weighted by Crippen LogP contribution is -2.51. The van der Waals surface area contributed by atoms with Gasteiger partial charge in [0, 0.05) is 26.2 Å². The van der Waals surface area contributed by atoms with Gasteiger partial charge in [0.25, 0.3) is 5.89 Å². The normalized spacial score (nSPS) is 15.4. The average Bonchev–Trinajstić information content (AvgIpc) is 3.39. The summed E-state index contributed by atoms with van der Waals surface area (Å²) >= 11 is 0. The van der Waals surface area contributed by atoms with Gasteiger partial charge >= 0.3 is 5.76 Å². The molecule has 4 rings (SSSR count). The number of sulfonamides is 1. The second-order valence-electron chi connectivity index (χ2n) is 6.55. The third kappa shape index (κ3) is 3.91. The molecule has 0 saturated carbocycles. The third-order valence-corrected chi connectivity index (χ3v) is 6.58. The second-order valence-corrected chi connectivity index (χ2v) is 8.48. The first kappa shape index (κ1) is 20.0. The summed E-state index contributed by atoms with van der Waals surface area (Å²) in [7, 11) is -3.78. The molecule has 2 aromatic heterocycles. The standard InChI is InChI=1S/C18H17FN4O6S/c19-13-3-5-14(6-4-13)30(26,27)22-9-7-21(8-10-22)16(24)12-23-18(25)29-17(20-23)15-2-1-11-28-15/h1-6,11H,7-10,12H2. The molecule has 1 aromatic carbocycles. The summed E-state index contributed by atoms with van der Waals surface area (Å²) < 4.78 is 50.6. The van der Waals surface area contributed by atoms with Crippen molar-refractivity contribution in [2.45, 2.75) is 11.4 Å². The monoisotopic (exact) mass is 436 g/mol. The SMILES string of the molecule is O=C(Cn1nc(-c2ccco2)oc1=O)N1CCN(S(=O)(=O)c2ccc(F)cc2)CC1. The van der Waals surface area contributed by atoms with E-state index < -0.39 is 27.5 Å². The molecule has 0 spiro atoms. The van der Waals surface area contributed by atoms with Crippen LogP contribution in [0.15, 0.2) is 61.2 Å². The number of carbonyl (C=O) groups is 1. The quantitative estimate of drug-likeness (QED) is 0.579. The van der Waals surface area contributed by atoms with E-state index in [2.05, 4.69) is 5.10 Å². The Balaban J connectivity index is 1.39. The van der Waals surface area contributed by atoms with Crippen molar-refractivity contribution in [3.05, 3.63) is 59.0 Å². The van der Waals surface area contributed by atoms with Crippen LogP contribution >= 0.6 is 0 Å². The van der Waals surface area contributed by atoms with E-state index in [1.807, 2.05) is 0 Å². The zero-order valence-corrected chi connectivity index (χ0v) is 16.4. The van der Waals surface area contributed by atoms with E-state index in [0.717, 1.165) is 16.8 Å². The van der Waals surface area contributed by atoms with Gasteiger partial charge in [0.1, 0.15) is 12.4 Å². The average molecular weight is 436 g/mol. The first-order valence-electron chi connectivity index (χ1n) is 9.00. The van der Waals surface area contributed by atoms with Crippen LogP contribution in [-0.2, 0) is 21.4 Å². The van der Waals surface area contributed by atoms with Gasteiger partial charge in [-0.1, -0.05) is 0 Å². The summed E-state index contributed by atoms with van der Waals surface area (Å²) in [6.07, 6.45) is 1.40. The van der Waals surface area contributed by atoms with Crippen LogP contribution in [0.5, 0.6) is 0 Å². The molecule has 12 heteroatoms. The summed E-state index contributed by atoms with van der Waals surface area (Å²) in [6.45, 7) is 0.120. The highest BCUT2D eigenvalue weighted by atomic mass is 32.2. The highest BCUT2D eigenvalue weighted by molar-refractivity contribution is 7.89. The van der Waals surface area contributed by atoms with Crippen molar-refractivity contribution in [1.82, 2.24) is 19.0 Å². The molecule has 0 atom stereocenters. The predicted molar refractivity (Wildman–Crippen MR) is 100 cm³/mol. The maximum absolute atomic E-state index is 13.1. The fourth-order valence-corrected chi connectivity index (χ4v) is 4.49. The molecule has 0 radical (unpaired) electrons. The zero-order chi connectivity index (χ0) is 21.3. The summed E-state index contributed by atoms with van der Waals surface area (Å²) in [6, 6.07) is 7.75. The fourth-order valence-electron chi connectivity index (χ4n) is 3.07. The van der Waals surface area contributed by atoms with Gasteiger partial charge in [-0.15, -0.1) is 5.10 Å². The molecule has 1 fully saturated rings. The number of hydrogen-bond acceptors (Lipinski definition) is 7. The van der Waals surface area contributed by atoms with Crippen LogP contribution in [0.1, 0.15) is 0 Å². The number of furan rings is 1. The van der Waals surface area contributed by atoms with Crippen LogP contribution in [0, 0.1) is 5.82 Å². The smallest absolute Gasteiger partial charge is 0.437 e. The Morgan fingerprint density at radius 1 is 1.10 bits per heavy atom. The van der Waals surface area contributed by atoms with E-state index in [1.54, 1.807) is 12.1 Å². The van der Waals surface area contributed by atoms with Gasteiger partial charge in [0.15, 0.2) is 5.76 Å². The molecule has 158 valence electrons.